The summed E-state index contributed by atoms with van der Waals surface area (Å²) in [7, 11) is 0. The molecule has 11 nitrogen and oxygen atoms in total. The topological polar surface area (TPSA) is 138 Å². The number of benzene rings is 2. The van der Waals surface area contributed by atoms with E-state index in [0.29, 0.717) is 18.4 Å². The maximum atomic E-state index is 13.1. The van der Waals surface area contributed by atoms with Crippen LogP contribution in [-0.4, -0.2) is 53.5 Å². The molecule has 2 heterocycles. The van der Waals surface area contributed by atoms with Crippen molar-refractivity contribution in [1.82, 2.24) is 24.8 Å². The highest BCUT2D eigenvalue weighted by Crippen LogP contribution is 2.31. The molecule has 4 rings (SSSR count). The van der Waals surface area contributed by atoms with Crippen LogP contribution >= 0.6 is 0 Å². The predicted molar refractivity (Wildman–Crippen MR) is 155 cm³/mol. The lowest BCUT2D eigenvalue weighted by molar-refractivity contribution is -0.145. The molecule has 42 heavy (non-hydrogen) atoms. The predicted octanol–water partition coefficient (Wildman–Crippen LogP) is 5.69. The minimum atomic E-state index is -1.05. The Balaban J connectivity index is 1.70. The highest BCUT2D eigenvalue weighted by atomic mass is 16.6. The first-order valence-electron chi connectivity index (χ1n) is 14.1. The Kier molecular flexibility index (Phi) is 9.72. The fourth-order valence-corrected chi connectivity index (χ4v) is 4.83. The Morgan fingerprint density at radius 2 is 1.74 bits per heavy atom. The van der Waals surface area contributed by atoms with Crippen molar-refractivity contribution in [2.24, 2.45) is 0 Å². The van der Waals surface area contributed by atoms with E-state index in [2.05, 4.69) is 15.5 Å². The molecule has 0 aliphatic carbocycles. The quantitative estimate of drug-likeness (QED) is 0.211. The Labute approximate surface area is 244 Å². The van der Waals surface area contributed by atoms with Gasteiger partial charge in [0.1, 0.15) is 12.2 Å². The second kappa shape index (κ2) is 13.4. The van der Waals surface area contributed by atoms with Crippen LogP contribution in [0.25, 0.3) is 10.9 Å². The van der Waals surface area contributed by atoms with Crippen molar-refractivity contribution in [2.75, 3.05) is 0 Å². The standard InChI is InChI=1S/C31H37N5O6/c1-5-6-15-26(29(38)39)36-28(32-33-34-36)22(18-27(37)41-20-21-12-8-7-9-13-21)17-23-19-35(30(40)42-31(2,3)4)25-16-11-10-14-24(23)25/h7-14,16,19,22,26H,5-6,15,17-18,20H2,1-4H3,(H,38,39)/t22-,26+/m1/s1. The van der Waals surface area contributed by atoms with Crippen molar-refractivity contribution in [1.29, 1.82) is 0 Å². The average Bonchev–Trinajstić information content (AvgIpc) is 3.57. The first kappa shape index (κ1) is 30.4. The number of nitrogens with zero attached hydrogens (tertiary/aromatic N) is 5. The van der Waals surface area contributed by atoms with Crippen LogP contribution in [0, 0.1) is 0 Å². The first-order valence-corrected chi connectivity index (χ1v) is 14.1. The number of aromatic nitrogens is 5. The van der Waals surface area contributed by atoms with E-state index in [1.165, 1.54) is 9.25 Å². The fourth-order valence-electron chi connectivity index (χ4n) is 4.83. The van der Waals surface area contributed by atoms with Gasteiger partial charge in [-0.1, -0.05) is 68.3 Å². The minimum absolute atomic E-state index is 0.0979. The van der Waals surface area contributed by atoms with Crippen molar-refractivity contribution >= 4 is 28.9 Å². The highest BCUT2D eigenvalue weighted by Gasteiger charge is 2.31. The third kappa shape index (κ3) is 7.59. The Morgan fingerprint density at radius 3 is 2.43 bits per heavy atom. The van der Waals surface area contributed by atoms with Crippen LogP contribution in [0.2, 0.25) is 0 Å². The van der Waals surface area contributed by atoms with Crippen LogP contribution in [0.1, 0.15) is 82.3 Å². The molecule has 2 atom stereocenters. The number of carboxylic acids is 1. The molecule has 0 unspecified atom stereocenters. The van der Waals surface area contributed by atoms with Gasteiger partial charge in [-0.25, -0.2) is 14.3 Å². The summed E-state index contributed by atoms with van der Waals surface area (Å²) in [6.07, 6.45) is 3.13. The summed E-state index contributed by atoms with van der Waals surface area (Å²) >= 11 is 0. The normalized spacial score (nSPS) is 13.0. The van der Waals surface area contributed by atoms with E-state index in [1.807, 2.05) is 61.5 Å². The van der Waals surface area contributed by atoms with E-state index in [9.17, 15) is 19.5 Å². The molecule has 1 N–H and O–H groups in total. The zero-order chi connectivity index (χ0) is 30.3. The Morgan fingerprint density at radius 1 is 1.02 bits per heavy atom. The van der Waals surface area contributed by atoms with Gasteiger partial charge in [0.15, 0.2) is 11.9 Å². The molecule has 4 aromatic rings. The molecule has 2 aromatic carbocycles. The number of carbonyl (C=O) groups excluding carboxylic acids is 2. The lowest BCUT2D eigenvalue weighted by Crippen LogP contribution is -2.26. The van der Waals surface area contributed by atoms with Crippen molar-refractivity contribution < 1.29 is 29.0 Å². The van der Waals surface area contributed by atoms with Crippen LogP contribution in [0.5, 0.6) is 0 Å². The summed E-state index contributed by atoms with van der Waals surface area (Å²) in [5, 5.41) is 22.8. The molecule has 0 amide bonds. The van der Waals surface area contributed by atoms with Gasteiger partial charge in [0, 0.05) is 17.5 Å². The number of rotatable bonds is 12. The van der Waals surface area contributed by atoms with Crippen LogP contribution in [0.4, 0.5) is 4.79 Å². The number of ether oxygens (including phenoxy) is 2. The number of esters is 1. The summed E-state index contributed by atoms with van der Waals surface area (Å²) in [6, 6.07) is 15.8. The summed E-state index contributed by atoms with van der Waals surface area (Å²) in [6.45, 7) is 7.47. The largest absolute Gasteiger partial charge is 0.480 e. The van der Waals surface area contributed by atoms with Gasteiger partial charge < -0.3 is 14.6 Å². The lowest BCUT2D eigenvalue weighted by Gasteiger charge is -2.20. The molecule has 0 saturated carbocycles. The van der Waals surface area contributed by atoms with Gasteiger partial charge >= 0.3 is 18.0 Å². The number of tetrazole rings is 1. The molecule has 0 radical (unpaired) electrons. The van der Waals surface area contributed by atoms with Crippen molar-refractivity contribution in [3.05, 3.63) is 77.7 Å². The molecule has 222 valence electrons. The summed E-state index contributed by atoms with van der Waals surface area (Å²) in [5.74, 6) is -1.90. The number of carbonyl (C=O) groups is 3. The van der Waals surface area contributed by atoms with Crippen molar-refractivity contribution in [3.63, 3.8) is 0 Å². The van der Waals surface area contributed by atoms with E-state index < -0.39 is 35.6 Å². The highest BCUT2D eigenvalue weighted by molar-refractivity contribution is 5.92. The second-order valence-corrected chi connectivity index (χ2v) is 11.3. The molecular formula is C31H37N5O6. The second-order valence-electron chi connectivity index (χ2n) is 11.3. The zero-order valence-corrected chi connectivity index (χ0v) is 24.4. The molecule has 0 aliphatic rings. The summed E-state index contributed by atoms with van der Waals surface area (Å²) in [4.78, 5) is 38.4. The van der Waals surface area contributed by atoms with Gasteiger partial charge in [0.2, 0.25) is 0 Å². The Bertz CT molecular complexity index is 1520. The van der Waals surface area contributed by atoms with E-state index in [1.54, 1.807) is 27.0 Å². The van der Waals surface area contributed by atoms with E-state index in [-0.39, 0.29) is 25.3 Å². The molecule has 0 aliphatic heterocycles. The third-order valence-electron chi connectivity index (χ3n) is 6.80. The number of unbranched alkanes of at least 4 members (excludes halogenated alkanes) is 1. The van der Waals surface area contributed by atoms with Gasteiger partial charge in [0.05, 0.1) is 11.9 Å². The minimum Gasteiger partial charge on any atom is -0.480 e. The number of hydrogen-bond acceptors (Lipinski definition) is 8. The number of fused-ring (bicyclic) bond motifs is 1. The SMILES string of the molecule is CCCC[C@@H](C(=O)O)n1nnnc1[C@@H](CC(=O)OCc1ccccc1)Cc1cn(C(=O)OC(C)(C)C)c2ccccc12. The maximum absolute atomic E-state index is 13.1. The average molecular weight is 576 g/mol. The number of aliphatic carboxylic acids is 1. The van der Waals surface area contributed by atoms with Gasteiger partial charge in [-0.05, 0) is 61.2 Å². The zero-order valence-electron chi connectivity index (χ0n) is 24.4. The van der Waals surface area contributed by atoms with Crippen molar-refractivity contribution in [2.45, 2.75) is 84.0 Å². The smallest absolute Gasteiger partial charge is 0.419 e. The Hall–Kier alpha value is -4.54. The maximum Gasteiger partial charge on any atom is 0.419 e. The van der Waals surface area contributed by atoms with Crippen LogP contribution in [0.3, 0.4) is 0 Å². The molecule has 0 bridgehead atoms. The van der Waals surface area contributed by atoms with Gasteiger partial charge in [-0.2, -0.15) is 0 Å². The number of carboxylic acid groups (broad SMARTS) is 1. The molecule has 0 fully saturated rings. The van der Waals surface area contributed by atoms with E-state index >= 15 is 0 Å². The fraction of sp³-hybridized carbons (Fsp3) is 0.419. The monoisotopic (exact) mass is 575 g/mol. The van der Waals surface area contributed by atoms with E-state index in [4.69, 9.17) is 9.47 Å². The molecular weight excluding hydrogens is 538 g/mol. The number of para-hydroxylation sites is 1. The van der Waals surface area contributed by atoms with Crippen LogP contribution < -0.4 is 0 Å². The van der Waals surface area contributed by atoms with Gasteiger partial charge in [0.25, 0.3) is 0 Å². The molecule has 11 heteroatoms. The first-order chi connectivity index (χ1) is 20.1. The third-order valence-corrected chi connectivity index (χ3v) is 6.80. The van der Waals surface area contributed by atoms with Gasteiger partial charge in [-0.15, -0.1) is 5.10 Å². The molecule has 0 saturated heterocycles. The van der Waals surface area contributed by atoms with Crippen LogP contribution in [0.15, 0.2) is 60.8 Å². The van der Waals surface area contributed by atoms with Crippen molar-refractivity contribution in [3.8, 4) is 0 Å². The van der Waals surface area contributed by atoms with Gasteiger partial charge in [-0.3, -0.25) is 9.36 Å². The lowest BCUT2D eigenvalue weighted by atomic mass is 9.94. The molecule has 2 aromatic heterocycles. The summed E-state index contributed by atoms with van der Waals surface area (Å²) < 4.78 is 14.0. The number of hydrogen-bond donors (Lipinski definition) is 1. The van der Waals surface area contributed by atoms with E-state index in [0.717, 1.165) is 22.9 Å². The molecule has 0 spiro atoms. The summed E-state index contributed by atoms with van der Waals surface area (Å²) in [5.41, 5.74) is 1.56. The van der Waals surface area contributed by atoms with Crippen LogP contribution in [-0.2, 0) is 32.1 Å².